The molecule has 4 heteroatoms. The van der Waals surface area contributed by atoms with Crippen LogP contribution in [0.5, 0.6) is 0 Å². The lowest BCUT2D eigenvalue weighted by Gasteiger charge is -2.10. The van der Waals surface area contributed by atoms with E-state index in [1.165, 1.54) is 12.1 Å². The first-order chi connectivity index (χ1) is 9.29. The van der Waals surface area contributed by atoms with Crippen molar-refractivity contribution in [1.82, 2.24) is 0 Å². The molecular formula is C15H18FNO2. The third kappa shape index (κ3) is 4.32. The van der Waals surface area contributed by atoms with E-state index in [9.17, 15) is 4.39 Å². The van der Waals surface area contributed by atoms with Gasteiger partial charge < -0.3 is 15.2 Å². The van der Waals surface area contributed by atoms with Crippen molar-refractivity contribution < 1.29 is 13.9 Å². The molecule has 1 saturated heterocycles. The summed E-state index contributed by atoms with van der Waals surface area (Å²) in [6, 6.07) is 4.55. The second-order valence-corrected chi connectivity index (χ2v) is 4.55. The molecule has 2 rings (SSSR count). The highest BCUT2D eigenvalue weighted by Gasteiger charge is 2.15. The molecule has 0 saturated carbocycles. The van der Waals surface area contributed by atoms with Crippen molar-refractivity contribution in [2.24, 2.45) is 11.7 Å². The summed E-state index contributed by atoms with van der Waals surface area (Å²) in [7, 11) is 0. The Labute approximate surface area is 112 Å². The van der Waals surface area contributed by atoms with E-state index in [1.807, 2.05) is 0 Å². The van der Waals surface area contributed by atoms with Gasteiger partial charge in [0, 0.05) is 18.1 Å². The molecule has 0 bridgehead atoms. The van der Waals surface area contributed by atoms with Gasteiger partial charge in [-0.15, -0.1) is 0 Å². The van der Waals surface area contributed by atoms with Gasteiger partial charge in [0.1, 0.15) is 5.82 Å². The molecule has 1 aliphatic rings. The summed E-state index contributed by atoms with van der Waals surface area (Å²) < 4.78 is 24.1. The van der Waals surface area contributed by atoms with Gasteiger partial charge in [0.05, 0.1) is 26.4 Å². The van der Waals surface area contributed by atoms with E-state index in [0.717, 1.165) is 25.2 Å². The summed E-state index contributed by atoms with van der Waals surface area (Å²) in [5.41, 5.74) is 6.87. The lowest BCUT2D eigenvalue weighted by molar-refractivity contribution is 0.0790. The van der Waals surface area contributed by atoms with Crippen molar-refractivity contribution in [2.75, 3.05) is 26.4 Å². The van der Waals surface area contributed by atoms with Crippen molar-refractivity contribution in [2.45, 2.75) is 13.0 Å². The SMILES string of the molecule is NCC#Cc1cc(F)ccc1COCC1CCOC1. The molecule has 1 aliphatic heterocycles. The van der Waals surface area contributed by atoms with E-state index in [4.69, 9.17) is 15.2 Å². The topological polar surface area (TPSA) is 44.5 Å². The highest BCUT2D eigenvalue weighted by molar-refractivity contribution is 5.41. The van der Waals surface area contributed by atoms with E-state index < -0.39 is 0 Å². The van der Waals surface area contributed by atoms with Crippen molar-refractivity contribution in [3.63, 3.8) is 0 Å². The lowest BCUT2D eigenvalue weighted by atomic mass is 10.1. The Hall–Kier alpha value is -1.41. The van der Waals surface area contributed by atoms with Crippen LogP contribution in [0.15, 0.2) is 18.2 Å². The molecule has 102 valence electrons. The molecule has 1 unspecified atom stereocenters. The van der Waals surface area contributed by atoms with Crippen LogP contribution < -0.4 is 5.73 Å². The molecule has 19 heavy (non-hydrogen) atoms. The van der Waals surface area contributed by atoms with Crippen LogP contribution in [0.4, 0.5) is 4.39 Å². The van der Waals surface area contributed by atoms with E-state index in [-0.39, 0.29) is 12.4 Å². The first kappa shape index (κ1) is 14.0. The summed E-state index contributed by atoms with van der Waals surface area (Å²) in [5, 5.41) is 0. The van der Waals surface area contributed by atoms with Gasteiger partial charge >= 0.3 is 0 Å². The maximum Gasteiger partial charge on any atom is 0.124 e. The number of nitrogens with two attached hydrogens (primary N) is 1. The third-order valence-electron chi connectivity index (χ3n) is 3.03. The molecule has 1 heterocycles. The molecule has 1 aromatic rings. The van der Waals surface area contributed by atoms with Gasteiger partial charge in [-0.05, 0) is 24.1 Å². The largest absolute Gasteiger partial charge is 0.381 e. The van der Waals surface area contributed by atoms with Crippen LogP contribution in [0.3, 0.4) is 0 Å². The number of hydrogen-bond acceptors (Lipinski definition) is 3. The zero-order chi connectivity index (χ0) is 13.5. The predicted molar refractivity (Wildman–Crippen MR) is 70.9 cm³/mol. The maximum atomic E-state index is 13.2. The second kappa shape index (κ2) is 7.25. The fourth-order valence-corrected chi connectivity index (χ4v) is 1.99. The summed E-state index contributed by atoms with van der Waals surface area (Å²) in [5.74, 6) is 5.79. The first-order valence-electron chi connectivity index (χ1n) is 6.42. The summed E-state index contributed by atoms with van der Waals surface area (Å²) in [4.78, 5) is 0. The van der Waals surface area contributed by atoms with Crippen LogP contribution in [0, 0.1) is 23.6 Å². The van der Waals surface area contributed by atoms with Crippen LogP contribution in [0.1, 0.15) is 17.5 Å². The van der Waals surface area contributed by atoms with Crippen LogP contribution >= 0.6 is 0 Å². The first-order valence-corrected chi connectivity index (χ1v) is 6.42. The van der Waals surface area contributed by atoms with Gasteiger partial charge in [0.25, 0.3) is 0 Å². The fraction of sp³-hybridized carbons (Fsp3) is 0.467. The normalized spacial score (nSPS) is 18.1. The molecule has 1 fully saturated rings. The van der Waals surface area contributed by atoms with Crippen LogP contribution in [0.2, 0.25) is 0 Å². The zero-order valence-electron chi connectivity index (χ0n) is 10.8. The quantitative estimate of drug-likeness (QED) is 0.841. The Morgan fingerprint density at radius 3 is 3.11 bits per heavy atom. The number of halogens is 1. The second-order valence-electron chi connectivity index (χ2n) is 4.55. The molecule has 0 radical (unpaired) electrons. The monoisotopic (exact) mass is 263 g/mol. The van der Waals surface area contributed by atoms with Gasteiger partial charge in [-0.2, -0.15) is 0 Å². The fourth-order valence-electron chi connectivity index (χ4n) is 1.99. The molecule has 0 spiro atoms. The van der Waals surface area contributed by atoms with Gasteiger partial charge in [0.15, 0.2) is 0 Å². The molecule has 1 atom stereocenters. The number of benzene rings is 1. The molecule has 2 N–H and O–H groups in total. The maximum absolute atomic E-state index is 13.2. The Bertz CT molecular complexity index is 473. The molecule has 1 aromatic carbocycles. The Morgan fingerprint density at radius 1 is 1.47 bits per heavy atom. The third-order valence-corrected chi connectivity index (χ3v) is 3.03. The number of hydrogen-bond donors (Lipinski definition) is 1. The van der Waals surface area contributed by atoms with Gasteiger partial charge in [-0.25, -0.2) is 4.39 Å². The summed E-state index contributed by atoms with van der Waals surface area (Å²) in [6.45, 7) is 2.95. The smallest absolute Gasteiger partial charge is 0.124 e. The Morgan fingerprint density at radius 2 is 2.37 bits per heavy atom. The molecular weight excluding hydrogens is 245 g/mol. The highest BCUT2D eigenvalue weighted by Crippen LogP contribution is 2.15. The highest BCUT2D eigenvalue weighted by atomic mass is 19.1. The number of rotatable bonds is 4. The van der Waals surface area contributed by atoms with Gasteiger partial charge in [0.2, 0.25) is 0 Å². The summed E-state index contributed by atoms with van der Waals surface area (Å²) >= 11 is 0. The minimum absolute atomic E-state index is 0.260. The average Bonchev–Trinajstić information content (AvgIpc) is 2.91. The van der Waals surface area contributed by atoms with E-state index in [0.29, 0.717) is 24.7 Å². The zero-order valence-corrected chi connectivity index (χ0v) is 10.8. The number of ether oxygens (including phenoxy) is 2. The Balaban J connectivity index is 1.94. The minimum atomic E-state index is -0.297. The minimum Gasteiger partial charge on any atom is -0.381 e. The van der Waals surface area contributed by atoms with Crippen molar-refractivity contribution in [3.05, 3.63) is 35.1 Å². The predicted octanol–water partition coefficient (Wildman–Crippen LogP) is 1.69. The van der Waals surface area contributed by atoms with Crippen LogP contribution in [0.25, 0.3) is 0 Å². The molecule has 0 aliphatic carbocycles. The van der Waals surface area contributed by atoms with Crippen LogP contribution in [-0.4, -0.2) is 26.4 Å². The van der Waals surface area contributed by atoms with E-state index in [2.05, 4.69) is 11.8 Å². The van der Waals surface area contributed by atoms with Crippen molar-refractivity contribution >= 4 is 0 Å². The van der Waals surface area contributed by atoms with E-state index in [1.54, 1.807) is 6.07 Å². The van der Waals surface area contributed by atoms with Crippen molar-refractivity contribution in [1.29, 1.82) is 0 Å². The van der Waals surface area contributed by atoms with Gasteiger partial charge in [-0.1, -0.05) is 17.9 Å². The molecule has 0 aromatic heterocycles. The van der Waals surface area contributed by atoms with Gasteiger partial charge in [-0.3, -0.25) is 0 Å². The summed E-state index contributed by atoms with van der Waals surface area (Å²) in [6.07, 6.45) is 1.04. The average molecular weight is 263 g/mol. The standard InChI is InChI=1S/C15H18FNO2/c16-15-4-3-14(13(8-15)2-1-6-17)11-19-10-12-5-7-18-9-12/h3-4,8,12H,5-7,9-11,17H2. The Kier molecular flexibility index (Phi) is 5.34. The van der Waals surface area contributed by atoms with E-state index >= 15 is 0 Å². The van der Waals surface area contributed by atoms with Crippen LogP contribution in [-0.2, 0) is 16.1 Å². The van der Waals surface area contributed by atoms with Crippen molar-refractivity contribution in [3.8, 4) is 11.8 Å². The molecule has 3 nitrogen and oxygen atoms in total. The molecule has 0 amide bonds. The lowest BCUT2D eigenvalue weighted by Crippen LogP contribution is -2.09.